The Hall–Kier alpha value is -2.18. The van der Waals surface area contributed by atoms with Gasteiger partial charge in [0.15, 0.2) is 0 Å². The topological polar surface area (TPSA) is 124 Å². The molecular formula is C22H33N2O6P. The summed E-state index contributed by atoms with van der Waals surface area (Å²) >= 11 is 0. The largest absolute Gasteiger partial charge is 0.481 e. The molecule has 2 rings (SSSR count). The highest BCUT2D eigenvalue weighted by molar-refractivity contribution is 7.58. The summed E-state index contributed by atoms with van der Waals surface area (Å²) in [4.78, 5) is 48.8. The van der Waals surface area contributed by atoms with Gasteiger partial charge in [0.05, 0.1) is 5.92 Å². The van der Waals surface area contributed by atoms with Crippen LogP contribution in [0.15, 0.2) is 30.3 Å². The number of nitrogens with zero attached hydrogens (tertiary/aromatic N) is 1. The summed E-state index contributed by atoms with van der Waals surface area (Å²) in [5, 5.41) is 12.3. The standard InChI is InChI=1S/C22H33N2O6P/c1-15(2)12-19(23-16(3)25)21(26)24-11-7-10-20(24)31(29,30)14-18(22(27)28)13-17-8-5-4-6-9-17/h4-6,8-9,15,18-20H,7,10-14H2,1-3H3,(H,23,25)(H,27,28)(H,29,30)/t18-,19-,20-/m0/s1. The summed E-state index contributed by atoms with van der Waals surface area (Å²) in [5.74, 6) is -3.67. The third-order valence-electron chi connectivity index (χ3n) is 5.51. The molecule has 8 nitrogen and oxygen atoms in total. The maximum atomic E-state index is 13.3. The quantitative estimate of drug-likeness (QED) is 0.469. The van der Waals surface area contributed by atoms with Crippen molar-refractivity contribution in [1.82, 2.24) is 10.2 Å². The van der Waals surface area contributed by atoms with Crippen molar-refractivity contribution in [2.75, 3.05) is 12.7 Å². The molecule has 1 heterocycles. The van der Waals surface area contributed by atoms with Crippen LogP contribution in [0.5, 0.6) is 0 Å². The fourth-order valence-electron chi connectivity index (χ4n) is 4.13. The van der Waals surface area contributed by atoms with Gasteiger partial charge in [0.25, 0.3) is 0 Å². The zero-order valence-electron chi connectivity index (χ0n) is 18.4. The van der Waals surface area contributed by atoms with Gasteiger partial charge in [-0.25, -0.2) is 0 Å². The number of likely N-dealkylation sites (tertiary alicyclic amines) is 1. The molecule has 172 valence electrons. The number of benzene rings is 1. The minimum atomic E-state index is -3.99. The van der Waals surface area contributed by atoms with Crippen LogP contribution in [-0.2, 0) is 25.4 Å². The monoisotopic (exact) mass is 452 g/mol. The minimum absolute atomic E-state index is 0.142. The minimum Gasteiger partial charge on any atom is -0.481 e. The van der Waals surface area contributed by atoms with Crippen molar-refractivity contribution in [3.63, 3.8) is 0 Å². The molecule has 0 bridgehead atoms. The maximum Gasteiger partial charge on any atom is 0.307 e. The van der Waals surface area contributed by atoms with Crippen molar-refractivity contribution < 1.29 is 28.9 Å². The number of carboxylic acids is 1. The number of carbonyl (C=O) groups is 3. The van der Waals surface area contributed by atoms with Crippen LogP contribution in [0.4, 0.5) is 0 Å². The average Bonchev–Trinajstić information content (AvgIpc) is 3.17. The average molecular weight is 452 g/mol. The number of aliphatic carboxylic acids is 1. The van der Waals surface area contributed by atoms with Crippen LogP contribution in [0.1, 0.15) is 45.6 Å². The second-order valence-corrected chi connectivity index (χ2v) is 11.2. The molecule has 2 amide bonds. The molecule has 0 spiro atoms. The molecular weight excluding hydrogens is 419 g/mol. The lowest BCUT2D eigenvalue weighted by Crippen LogP contribution is -2.50. The van der Waals surface area contributed by atoms with Gasteiger partial charge < -0.3 is 20.2 Å². The molecule has 1 aromatic carbocycles. The Labute approximate surface area is 183 Å². The molecule has 1 saturated heterocycles. The van der Waals surface area contributed by atoms with Gasteiger partial charge in [-0.1, -0.05) is 44.2 Å². The van der Waals surface area contributed by atoms with Crippen molar-refractivity contribution >= 4 is 25.2 Å². The SMILES string of the molecule is CC(=O)N[C@@H](CC(C)C)C(=O)N1CCC[C@@H]1P(=O)(O)C[C@H](Cc1ccccc1)C(=O)O. The summed E-state index contributed by atoms with van der Waals surface area (Å²) in [6.45, 7) is 5.52. The van der Waals surface area contributed by atoms with E-state index in [4.69, 9.17) is 0 Å². The first-order valence-electron chi connectivity index (χ1n) is 10.7. The van der Waals surface area contributed by atoms with Crippen molar-refractivity contribution in [3.8, 4) is 0 Å². The molecule has 31 heavy (non-hydrogen) atoms. The Balaban J connectivity index is 2.19. The highest BCUT2D eigenvalue weighted by atomic mass is 31.2. The molecule has 0 radical (unpaired) electrons. The van der Waals surface area contributed by atoms with E-state index >= 15 is 0 Å². The van der Waals surface area contributed by atoms with E-state index in [0.717, 1.165) is 5.56 Å². The van der Waals surface area contributed by atoms with Gasteiger partial charge in [0.1, 0.15) is 11.8 Å². The fourth-order valence-corrected chi connectivity index (χ4v) is 6.54. The van der Waals surface area contributed by atoms with Gasteiger partial charge >= 0.3 is 5.97 Å². The molecule has 0 aromatic heterocycles. The number of hydrogen-bond donors (Lipinski definition) is 3. The fraction of sp³-hybridized carbons (Fsp3) is 0.591. The Morgan fingerprint density at radius 3 is 2.42 bits per heavy atom. The van der Waals surface area contributed by atoms with Crippen LogP contribution in [-0.4, -0.2) is 57.2 Å². The third kappa shape index (κ3) is 7.18. The second-order valence-electron chi connectivity index (χ2n) is 8.70. The Morgan fingerprint density at radius 1 is 1.23 bits per heavy atom. The van der Waals surface area contributed by atoms with Gasteiger partial charge in [-0.15, -0.1) is 0 Å². The zero-order valence-corrected chi connectivity index (χ0v) is 19.3. The third-order valence-corrected chi connectivity index (χ3v) is 7.94. The van der Waals surface area contributed by atoms with Crippen molar-refractivity contribution in [1.29, 1.82) is 0 Å². The van der Waals surface area contributed by atoms with E-state index in [-0.39, 0.29) is 24.2 Å². The Morgan fingerprint density at radius 2 is 1.87 bits per heavy atom. The summed E-state index contributed by atoms with van der Waals surface area (Å²) in [7, 11) is -3.99. The van der Waals surface area contributed by atoms with Crippen molar-refractivity contribution in [2.24, 2.45) is 11.8 Å². The second kappa shape index (κ2) is 10.9. The molecule has 9 heteroatoms. The first-order chi connectivity index (χ1) is 14.5. The number of amides is 2. The molecule has 4 atom stereocenters. The van der Waals surface area contributed by atoms with Crippen LogP contribution < -0.4 is 5.32 Å². The lowest BCUT2D eigenvalue weighted by molar-refractivity contribution is -0.141. The number of nitrogens with one attached hydrogen (secondary N) is 1. The summed E-state index contributed by atoms with van der Waals surface area (Å²) in [6, 6.07) is 8.21. The van der Waals surface area contributed by atoms with E-state index in [1.807, 2.05) is 19.9 Å². The van der Waals surface area contributed by atoms with Gasteiger partial charge in [-0.2, -0.15) is 0 Å². The molecule has 3 N–H and O–H groups in total. The van der Waals surface area contributed by atoms with Crippen LogP contribution >= 0.6 is 7.37 Å². The van der Waals surface area contributed by atoms with Crippen LogP contribution in [0, 0.1) is 11.8 Å². The molecule has 1 aliphatic rings. The predicted octanol–water partition coefficient (Wildman–Crippen LogP) is 2.70. The number of hydrogen-bond acceptors (Lipinski definition) is 4. The van der Waals surface area contributed by atoms with Crippen LogP contribution in [0.3, 0.4) is 0 Å². The summed E-state index contributed by atoms with van der Waals surface area (Å²) in [5.41, 5.74) is 0.775. The molecule has 0 saturated carbocycles. The lowest BCUT2D eigenvalue weighted by atomic mass is 10.0. The normalized spacial score (nSPS) is 20.2. The summed E-state index contributed by atoms with van der Waals surface area (Å²) in [6.07, 6.45) is 1.06. The number of carbonyl (C=O) groups excluding carboxylic acids is 2. The molecule has 1 unspecified atom stereocenters. The van der Waals surface area contributed by atoms with E-state index in [1.165, 1.54) is 11.8 Å². The lowest BCUT2D eigenvalue weighted by Gasteiger charge is -2.33. The molecule has 0 aliphatic carbocycles. The Bertz CT molecular complexity index is 829. The van der Waals surface area contributed by atoms with Gasteiger partial charge in [-0.05, 0) is 37.2 Å². The zero-order chi connectivity index (χ0) is 23.2. The van der Waals surface area contributed by atoms with E-state index in [2.05, 4.69) is 5.32 Å². The first-order valence-corrected chi connectivity index (χ1v) is 12.6. The molecule has 1 fully saturated rings. The van der Waals surface area contributed by atoms with Crippen LogP contribution in [0.25, 0.3) is 0 Å². The van der Waals surface area contributed by atoms with E-state index in [1.54, 1.807) is 24.3 Å². The molecule has 1 aromatic rings. The first kappa shape index (κ1) is 25.1. The van der Waals surface area contributed by atoms with Crippen molar-refractivity contribution in [2.45, 2.75) is 58.3 Å². The van der Waals surface area contributed by atoms with Gasteiger partial charge in [0, 0.05) is 19.6 Å². The van der Waals surface area contributed by atoms with Crippen LogP contribution in [0.2, 0.25) is 0 Å². The van der Waals surface area contributed by atoms with Gasteiger partial charge in [-0.3, -0.25) is 18.9 Å². The summed E-state index contributed by atoms with van der Waals surface area (Å²) < 4.78 is 13.3. The Kier molecular flexibility index (Phi) is 8.83. The molecule has 1 aliphatic heterocycles. The van der Waals surface area contributed by atoms with Gasteiger partial charge in [0.2, 0.25) is 19.2 Å². The number of carboxylic acid groups (broad SMARTS) is 1. The van der Waals surface area contributed by atoms with E-state index in [0.29, 0.717) is 25.8 Å². The highest BCUT2D eigenvalue weighted by Crippen LogP contribution is 2.53. The maximum absolute atomic E-state index is 13.3. The van der Waals surface area contributed by atoms with E-state index in [9.17, 15) is 28.9 Å². The smallest absolute Gasteiger partial charge is 0.307 e. The predicted molar refractivity (Wildman–Crippen MR) is 118 cm³/mol. The highest BCUT2D eigenvalue weighted by Gasteiger charge is 2.45. The number of rotatable bonds is 10. The van der Waals surface area contributed by atoms with Crippen molar-refractivity contribution in [3.05, 3.63) is 35.9 Å². The van der Waals surface area contributed by atoms with E-state index < -0.39 is 37.2 Å².